The normalized spacial score (nSPS) is 17.8. The Balaban J connectivity index is 1.76. The van der Waals surface area contributed by atoms with Crippen molar-refractivity contribution < 1.29 is 9.90 Å². The van der Waals surface area contributed by atoms with Crippen LogP contribution in [-0.4, -0.2) is 11.0 Å². The lowest BCUT2D eigenvalue weighted by atomic mass is 9.70. The molecule has 1 aliphatic heterocycles. The number of aromatic hydroxyl groups is 1. The van der Waals surface area contributed by atoms with E-state index in [9.17, 15) is 9.90 Å². The van der Waals surface area contributed by atoms with E-state index in [1.807, 2.05) is 30.3 Å². The van der Waals surface area contributed by atoms with Gasteiger partial charge in [0.15, 0.2) is 0 Å². The second kappa shape index (κ2) is 11.2. The summed E-state index contributed by atoms with van der Waals surface area (Å²) in [6.07, 6.45) is 13.3. The van der Waals surface area contributed by atoms with Crippen LogP contribution in [0.25, 0.3) is 0 Å². The fourth-order valence-corrected chi connectivity index (χ4v) is 5.19. The molecule has 180 valence electrons. The molecule has 1 aliphatic rings. The molecule has 3 nitrogen and oxygen atoms in total. The highest BCUT2D eigenvalue weighted by Crippen LogP contribution is 2.49. The molecule has 0 bridgehead atoms. The number of nitrogens with one attached hydrogen (secondary N) is 1. The Morgan fingerprint density at radius 3 is 2.06 bits per heavy atom. The first-order chi connectivity index (χ1) is 15.8. The summed E-state index contributed by atoms with van der Waals surface area (Å²) >= 11 is 0. The van der Waals surface area contributed by atoms with Gasteiger partial charge in [-0.05, 0) is 35.1 Å². The van der Waals surface area contributed by atoms with Gasteiger partial charge in [-0.3, -0.25) is 4.79 Å². The van der Waals surface area contributed by atoms with Gasteiger partial charge in [-0.25, -0.2) is 0 Å². The third-order valence-corrected chi connectivity index (χ3v) is 7.25. The van der Waals surface area contributed by atoms with Crippen molar-refractivity contribution in [3.05, 3.63) is 59.2 Å². The van der Waals surface area contributed by atoms with Crippen LogP contribution in [0, 0.1) is 0 Å². The maximum Gasteiger partial charge on any atom is 0.239 e. The van der Waals surface area contributed by atoms with Crippen molar-refractivity contribution in [2.45, 2.75) is 109 Å². The molecule has 3 rings (SSSR count). The molecule has 1 unspecified atom stereocenters. The molecular weight excluding hydrogens is 406 g/mol. The molecule has 0 fully saturated rings. The number of para-hydroxylation sites is 1. The number of unbranched alkanes of at least 4 members (excludes halogenated alkanes) is 9. The Labute approximate surface area is 201 Å². The van der Waals surface area contributed by atoms with Gasteiger partial charge in [0.05, 0.1) is 0 Å². The topological polar surface area (TPSA) is 49.3 Å². The van der Waals surface area contributed by atoms with Crippen molar-refractivity contribution >= 4 is 11.6 Å². The van der Waals surface area contributed by atoms with Crippen molar-refractivity contribution in [2.75, 3.05) is 5.32 Å². The van der Waals surface area contributed by atoms with E-state index >= 15 is 0 Å². The molecule has 2 aromatic rings. The lowest BCUT2D eigenvalue weighted by Crippen LogP contribution is -2.36. The number of anilines is 1. The van der Waals surface area contributed by atoms with Crippen molar-refractivity contribution in [1.82, 2.24) is 0 Å². The zero-order valence-electron chi connectivity index (χ0n) is 21.2. The fourth-order valence-electron chi connectivity index (χ4n) is 5.19. The summed E-state index contributed by atoms with van der Waals surface area (Å²) in [5, 5.41) is 14.1. The summed E-state index contributed by atoms with van der Waals surface area (Å²) in [5.74, 6) is 0.197. The van der Waals surface area contributed by atoms with Crippen molar-refractivity contribution in [1.29, 1.82) is 0 Å². The van der Waals surface area contributed by atoms with Crippen LogP contribution in [0.15, 0.2) is 42.5 Å². The Bertz CT molecular complexity index is 927. The van der Waals surface area contributed by atoms with E-state index in [0.717, 1.165) is 35.2 Å². The van der Waals surface area contributed by atoms with Crippen molar-refractivity contribution in [2.24, 2.45) is 0 Å². The number of benzene rings is 2. The molecule has 3 heteroatoms. The second-order valence-corrected chi connectivity index (χ2v) is 10.8. The number of fused-ring (bicyclic) bond motifs is 1. The molecular formula is C30H43NO2. The highest BCUT2D eigenvalue weighted by Gasteiger charge is 2.49. The maximum absolute atomic E-state index is 13.5. The molecule has 0 spiro atoms. The third-order valence-electron chi connectivity index (χ3n) is 7.25. The first-order valence-electron chi connectivity index (χ1n) is 13.1. The van der Waals surface area contributed by atoms with E-state index in [2.05, 4.69) is 39.1 Å². The molecule has 0 saturated heterocycles. The maximum atomic E-state index is 13.5. The lowest BCUT2D eigenvalue weighted by molar-refractivity contribution is -0.119. The smallest absolute Gasteiger partial charge is 0.239 e. The minimum atomic E-state index is -0.831. The van der Waals surface area contributed by atoms with Crippen LogP contribution in [0.5, 0.6) is 5.75 Å². The predicted molar refractivity (Wildman–Crippen MR) is 139 cm³/mol. The number of carbonyl (C=O) groups excluding carboxylic acids is 1. The number of hydrogen-bond donors (Lipinski definition) is 2. The summed E-state index contributed by atoms with van der Waals surface area (Å²) in [6.45, 7) is 8.76. The van der Waals surface area contributed by atoms with E-state index in [-0.39, 0.29) is 17.1 Å². The van der Waals surface area contributed by atoms with Crippen molar-refractivity contribution in [3.63, 3.8) is 0 Å². The average molecular weight is 450 g/mol. The summed E-state index contributed by atoms with van der Waals surface area (Å²) < 4.78 is 0. The molecule has 2 aromatic carbocycles. The van der Waals surface area contributed by atoms with Crippen LogP contribution in [-0.2, 0) is 15.6 Å². The first kappa shape index (κ1) is 25.3. The molecule has 1 heterocycles. The molecule has 0 saturated carbocycles. The van der Waals surface area contributed by atoms with Crippen molar-refractivity contribution in [3.8, 4) is 5.75 Å². The Hall–Kier alpha value is -2.29. The largest absolute Gasteiger partial charge is 0.508 e. The van der Waals surface area contributed by atoms with E-state index < -0.39 is 5.41 Å². The van der Waals surface area contributed by atoms with Gasteiger partial charge in [0.25, 0.3) is 0 Å². The summed E-state index contributed by atoms with van der Waals surface area (Å²) in [6, 6.07) is 13.8. The van der Waals surface area contributed by atoms with E-state index in [4.69, 9.17) is 0 Å². The van der Waals surface area contributed by atoms with Crippen LogP contribution >= 0.6 is 0 Å². The van der Waals surface area contributed by atoms with Gasteiger partial charge in [0.1, 0.15) is 11.2 Å². The zero-order valence-corrected chi connectivity index (χ0v) is 21.2. The van der Waals surface area contributed by atoms with Crippen LogP contribution in [0.2, 0.25) is 0 Å². The molecule has 2 N–H and O–H groups in total. The summed E-state index contributed by atoms with van der Waals surface area (Å²) in [7, 11) is 0. The molecule has 33 heavy (non-hydrogen) atoms. The molecule has 0 radical (unpaired) electrons. The van der Waals surface area contributed by atoms with E-state index in [0.29, 0.717) is 6.42 Å². The van der Waals surface area contributed by atoms with E-state index in [1.165, 1.54) is 51.4 Å². The number of amides is 1. The van der Waals surface area contributed by atoms with Gasteiger partial charge in [0.2, 0.25) is 5.91 Å². The minimum Gasteiger partial charge on any atom is -0.508 e. The third kappa shape index (κ3) is 5.80. The van der Waals surface area contributed by atoms with Gasteiger partial charge in [-0.1, -0.05) is 122 Å². The van der Waals surface area contributed by atoms with Gasteiger partial charge in [0, 0.05) is 11.3 Å². The average Bonchev–Trinajstić information content (AvgIpc) is 3.06. The van der Waals surface area contributed by atoms with Crippen LogP contribution in [0.4, 0.5) is 5.69 Å². The fraction of sp³-hybridized carbons (Fsp3) is 0.567. The number of phenols is 1. The molecule has 1 atom stereocenters. The Morgan fingerprint density at radius 1 is 0.818 bits per heavy atom. The van der Waals surface area contributed by atoms with Crippen LogP contribution in [0.1, 0.15) is 115 Å². The summed E-state index contributed by atoms with van der Waals surface area (Å²) in [5.41, 5.74) is 2.85. The number of hydrogen-bond acceptors (Lipinski definition) is 2. The quantitative estimate of drug-likeness (QED) is 0.321. The lowest BCUT2D eigenvalue weighted by Gasteiger charge is -2.31. The van der Waals surface area contributed by atoms with Crippen LogP contribution < -0.4 is 5.32 Å². The Kier molecular flexibility index (Phi) is 8.62. The van der Waals surface area contributed by atoms with Gasteiger partial charge in [-0.2, -0.15) is 0 Å². The number of carbonyl (C=O) groups is 1. The number of phenolic OH excluding ortho intramolecular Hbond substituents is 1. The molecule has 0 aliphatic carbocycles. The molecule has 0 aromatic heterocycles. The Morgan fingerprint density at radius 2 is 1.42 bits per heavy atom. The van der Waals surface area contributed by atoms with Gasteiger partial charge in [-0.15, -0.1) is 0 Å². The standard InChI is InChI=1S/C30H43NO2/c1-5-6-7-8-9-10-11-12-13-16-21-30(24-17-14-15-18-26(24)31-28(30)33)25-22-23(29(2,3)4)19-20-27(25)32/h14-15,17-20,22,32H,5-13,16,21H2,1-4H3,(H,31,33). The SMILES string of the molecule is CCCCCCCCCCCCC1(c2cc(C(C)(C)C)ccc2O)C(=O)Nc2ccccc21. The monoisotopic (exact) mass is 449 g/mol. The second-order valence-electron chi connectivity index (χ2n) is 10.8. The highest BCUT2D eigenvalue weighted by molar-refractivity contribution is 6.09. The highest BCUT2D eigenvalue weighted by atomic mass is 16.3. The first-order valence-corrected chi connectivity index (χ1v) is 13.1. The van der Waals surface area contributed by atoms with Crippen LogP contribution in [0.3, 0.4) is 0 Å². The van der Waals surface area contributed by atoms with E-state index in [1.54, 1.807) is 6.07 Å². The summed E-state index contributed by atoms with van der Waals surface area (Å²) in [4.78, 5) is 13.5. The van der Waals surface area contributed by atoms with Gasteiger partial charge < -0.3 is 10.4 Å². The number of rotatable bonds is 12. The minimum absolute atomic E-state index is 0.0130. The predicted octanol–water partition coefficient (Wildman–Crippen LogP) is 8.24. The zero-order chi connectivity index (χ0) is 23.9. The van der Waals surface area contributed by atoms with Gasteiger partial charge >= 0.3 is 0 Å². The molecule has 1 amide bonds.